The third kappa shape index (κ3) is 4.78. The first kappa shape index (κ1) is 13.1. The first-order valence-corrected chi connectivity index (χ1v) is 9.28. The summed E-state index contributed by atoms with van der Waals surface area (Å²) in [5, 5.41) is 0. The van der Waals surface area contributed by atoms with Gasteiger partial charge in [-0.15, -0.1) is 0 Å². The van der Waals surface area contributed by atoms with Crippen LogP contribution in [0.25, 0.3) is 0 Å². The average molecular weight is 224 g/mol. The topological polar surface area (TPSA) is 54.4 Å². The van der Waals surface area contributed by atoms with Crippen molar-refractivity contribution in [2.75, 3.05) is 5.75 Å². The zero-order valence-corrected chi connectivity index (χ0v) is 10.5. The van der Waals surface area contributed by atoms with Crippen LogP contribution in [0.4, 0.5) is 0 Å². The highest BCUT2D eigenvalue weighted by Gasteiger charge is 2.27. The van der Waals surface area contributed by atoms with E-state index in [0.29, 0.717) is 6.04 Å². The van der Waals surface area contributed by atoms with Crippen molar-refractivity contribution in [2.24, 2.45) is 0 Å². The second kappa shape index (κ2) is 5.12. The Kier molecular flexibility index (Phi) is 5.17. The molecule has 0 rings (SSSR count). The van der Waals surface area contributed by atoms with Crippen LogP contribution in [0.15, 0.2) is 0 Å². The summed E-state index contributed by atoms with van der Waals surface area (Å²) in [6, 6.07) is 4.02. The maximum Gasteiger partial charge on any atom is 0.264 e. The fourth-order valence-corrected chi connectivity index (χ4v) is 6.95. The van der Waals surface area contributed by atoms with E-state index >= 15 is 0 Å². The van der Waals surface area contributed by atoms with Crippen molar-refractivity contribution in [3.05, 3.63) is 0 Å². The van der Waals surface area contributed by atoms with Gasteiger partial charge < -0.3 is 0 Å². The third-order valence-corrected chi connectivity index (χ3v) is 10.0. The molecule has 0 atom stereocenters. The summed E-state index contributed by atoms with van der Waals surface area (Å²) in [4.78, 5) is 0. The van der Waals surface area contributed by atoms with Crippen LogP contribution in [0.3, 0.4) is 0 Å². The molecular formula is C8H20O3SSi. The van der Waals surface area contributed by atoms with Gasteiger partial charge >= 0.3 is 0 Å². The van der Waals surface area contributed by atoms with E-state index in [4.69, 9.17) is 4.55 Å². The van der Waals surface area contributed by atoms with Gasteiger partial charge in [0.25, 0.3) is 10.1 Å². The minimum absolute atomic E-state index is 0.0469. The Labute approximate surface area is 82.3 Å². The van der Waals surface area contributed by atoms with Crippen molar-refractivity contribution in [3.8, 4) is 0 Å². The van der Waals surface area contributed by atoms with Crippen molar-refractivity contribution < 1.29 is 13.0 Å². The smallest absolute Gasteiger partial charge is 0.264 e. The van der Waals surface area contributed by atoms with Crippen molar-refractivity contribution in [1.82, 2.24) is 0 Å². The molecule has 0 aliphatic carbocycles. The summed E-state index contributed by atoms with van der Waals surface area (Å²) >= 11 is 0. The molecule has 0 radical (unpaired) electrons. The Morgan fingerprint density at radius 2 is 1.46 bits per heavy atom. The van der Waals surface area contributed by atoms with Crippen LogP contribution in [0.1, 0.15) is 20.8 Å². The number of hydrogen-bond acceptors (Lipinski definition) is 2. The Balaban J connectivity index is 4.27. The normalized spacial score (nSPS) is 13.2. The minimum atomic E-state index is -3.75. The van der Waals surface area contributed by atoms with Crippen molar-refractivity contribution in [2.45, 2.75) is 44.9 Å². The standard InChI is InChI=1S/C8H20O3SSi/c1-4-13(5-2,6-3)8-7-12(9,10)11/h4-8H2,1-3H3,(H,9,10,11). The van der Waals surface area contributed by atoms with Crippen LogP contribution in [0, 0.1) is 0 Å². The molecule has 0 aromatic rings. The van der Waals surface area contributed by atoms with Crippen LogP contribution in [-0.4, -0.2) is 26.8 Å². The quantitative estimate of drug-likeness (QED) is 0.557. The molecule has 0 spiro atoms. The van der Waals surface area contributed by atoms with Crippen molar-refractivity contribution in [3.63, 3.8) is 0 Å². The first-order chi connectivity index (χ1) is 5.89. The average Bonchev–Trinajstić information content (AvgIpc) is 2.06. The fourth-order valence-electron chi connectivity index (χ4n) is 1.63. The minimum Gasteiger partial charge on any atom is -0.286 e. The maximum absolute atomic E-state index is 10.6. The zero-order chi connectivity index (χ0) is 10.5. The molecule has 0 heterocycles. The molecule has 0 aliphatic heterocycles. The van der Waals surface area contributed by atoms with E-state index in [1.54, 1.807) is 0 Å². The lowest BCUT2D eigenvalue weighted by molar-refractivity contribution is 0.484. The van der Waals surface area contributed by atoms with Gasteiger partial charge in [-0.1, -0.05) is 38.9 Å². The number of rotatable bonds is 6. The van der Waals surface area contributed by atoms with E-state index in [-0.39, 0.29) is 5.75 Å². The number of hydrogen-bond donors (Lipinski definition) is 1. The van der Waals surface area contributed by atoms with E-state index in [1.807, 2.05) is 0 Å². The summed E-state index contributed by atoms with van der Waals surface area (Å²) in [5.74, 6) is -0.0469. The van der Waals surface area contributed by atoms with E-state index in [9.17, 15) is 8.42 Å². The van der Waals surface area contributed by atoms with Gasteiger partial charge in [-0.2, -0.15) is 8.42 Å². The molecule has 0 aliphatic rings. The Hall–Kier alpha value is 0.127. The van der Waals surface area contributed by atoms with Crippen LogP contribution in [-0.2, 0) is 10.1 Å². The van der Waals surface area contributed by atoms with E-state index in [0.717, 1.165) is 18.1 Å². The molecule has 80 valence electrons. The van der Waals surface area contributed by atoms with Crippen LogP contribution < -0.4 is 0 Å². The highest BCUT2D eigenvalue weighted by atomic mass is 32.2. The molecule has 0 saturated carbocycles. The van der Waals surface area contributed by atoms with Gasteiger partial charge in [-0.25, -0.2) is 0 Å². The van der Waals surface area contributed by atoms with Crippen molar-refractivity contribution in [1.29, 1.82) is 0 Å². The SMILES string of the molecule is CC[Si](CC)(CC)CCS(=O)(=O)O. The van der Waals surface area contributed by atoms with E-state index in [2.05, 4.69) is 20.8 Å². The molecule has 0 aromatic carbocycles. The molecule has 0 bridgehead atoms. The summed E-state index contributed by atoms with van der Waals surface area (Å²) < 4.78 is 29.9. The predicted octanol–water partition coefficient (Wildman–Crippen LogP) is 2.38. The molecular weight excluding hydrogens is 204 g/mol. The highest BCUT2D eigenvalue weighted by molar-refractivity contribution is 7.85. The molecule has 0 aromatic heterocycles. The lowest BCUT2D eigenvalue weighted by Crippen LogP contribution is -2.33. The molecule has 1 N–H and O–H groups in total. The molecule has 5 heteroatoms. The fraction of sp³-hybridized carbons (Fsp3) is 1.00. The first-order valence-electron chi connectivity index (χ1n) is 4.84. The zero-order valence-electron chi connectivity index (χ0n) is 8.71. The van der Waals surface area contributed by atoms with Gasteiger partial charge in [0.15, 0.2) is 0 Å². The van der Waals surface area contributed by atoms with Gasteiger partial charge in [0.2, 0.25) is 0 Å². The van der Waals surface area contributed by atoms with Crippen LogP contribution in [0.5, 0.6) is 0 Å². The predicted molar refractivity (Wildman–Crippen MR) is 58.4 cm³/mol. The summed E-state index contributed by atoms with van der Waals surface area (Å²) in [6.45, 7) is 6.38. The molecule has 0 amide bonds. The summed E-state index contributed by atoms with van der Waals surface area (Å²) in [6.07, 6.45) is 0. The second-order valence-corrected chi connectivity index (χ2v) is 10.8. The Morgan fingerprint density at radius 1 is 1.08 bits per heavy atom. The maximum atomic E-state index is 10.6. The van der Waals surface area contributed by atoms with Gasteiger partial charge in [0.05, 0.1) is 13.8 Å². The van der Waals surface area contributed by atoms with Gasteiger partial charge in [0, 0.05) is 0 Å². The highest BCUT2D eigenvalue weighted by Crippen LogP contribution is 2.25. The molecule has 0 saturated heterocycles. The molecule has 0 fully saturated rings. The van der Waals surface area contributed by atoms with Crippen LogP contribution in [0.2, 0.25) is 24.2 Å². The lowest BCUT2D eigenvalue weighted by Gasteiger charge is -2.27. The van der Waals surface area contributed by atoms with Crippen LogP contribution >= 0.6 is 0 Å². The van der Waals surface area contributed by atoms with Gasteiger partial charge in [-0.3, -0.25) is 4.55 Å². The molecule has 0 unspecified atom stereocenters. The van der Waals surface area contributed by atoms with Gasteiger partial charge in [-0.05, 0) is 6.04 Å². The summed E-state index contributed by atoms with van der Waals surface area (Å²) in [5.41, 5.74) is 0. The van der Waals surface area contributed by atoms with Gasteiger partial charge in [0.1, 0.15) is 0 Å². The summed E-state index contributed by atoms with van der Waals surface area (Å²) in [7, 11) is -5.12. The second-order valence-electron chi connectivity index (χ2n) is 3.60. The largest absolute Gasteiger partial charge is 0.286 e. The van der Waals surface area contributed by atoms with Crippen molar-refractivity contribution >= 4 is 18.2 Å². The van der Waals surface area contributed by atoms with E-state index < -0.39 is 18.2 Å². The molecule has 13 heavy (non-hydrogen) atoms. The van der Waals surface area contributed by atoms with E-state index in [1.165, 1.54) is 0 Å². The Bertz CT molecular complexity index is 224. The Morgan fingerprint density at radius 3 is 1.69 bits per heavy atom. The monoisotopic (exact) mass is 224 g/mol. The third-order valence-electron chi connectivity index (χ3n) is 3.14. The lowest BCUT2D eigenvalue weighted by atomic mass is 10.9. The molecule has 3 nitrogen and oxygen atoms in total.